The molecule has 0 fully saturated rings. The molecule has 3 aliphatic heterocycles. The number of sulfonamides is 3. The van der Waals surface area contributed by atoms with Crippen LogP contribution in [0.4, 0.5) is 4.79 Å². The Morgan fingerprint density at radius 3 is 1.11 bits per heavy atom. The molecule has 0 aliphatic carbocycles. The second-order valence-corrected chi connectivity index (χ2v) is 37.7. The fraction of sp³-hybridized carbons (Fsp3) is 0.488. The summed E-state index contributed by atoms with van der Waals surface area (Å²) in [6, 6.07) is 27.7. The summed E-state index contributed by atoms with van der Waals surface area (Å²) in [5, 5.41) is 32.8. The van der Waals surface area contributed by atoms with Crippen LogP contribution in [0.2, 0.25) is 30.1 Å². The van der Waals surface area contributed by atoms with E-state index >= 15 is 0 Å². The van der Waals surface area contributed by atoms with Crippen LogP contribution >= 0.6 is 69.6 Å². The summed E-state index contributed by atoms with van der Waals surface area (Å²) >= 11 is 38.9. The zero-order valence-electron chi connectivity index (χ0n) is 67.4. The molecule has 0 saturated carbocycles. The van der Waals surface area contributed by atoms with E-state index < -0.39 is 77.9 Å². The largest absolute Gasteiger partial charge is 0.481 e. The standard InChI is InChI=1S/C82H104Cl6N10O20S3/c1-96-48-67(64-41-57(83)44-73(86)70(64)51-96)54-8-4-12-61(38-54)119(107,108)91-23-29-116-33-32-113-26-7-11-60(99)15-18-82(95-81(106)94-76(80(104)105)47-79(102)103,19-16-77(100)89-21-27-114-34-36-117-30-24-92-120(109,110)62-13-5-9-55(39-62)68-49-97(2)52-71-65(68)42-58(84)45-74(71)87)20-17-78(101)90-22-28-115-35-37-118-31-25-93-121(111,112)63-14-6-10-56(40-63)69-50-98(3)53-72-66(69)43-59(85)46-75(72)88/h4-6,8-10,12-14,38-46,67-69,76,91-93H,7,11,15-37,47-53H2,1-3H3,(H,89,100)(H,90,101)(H,102,103)(H,104,105)(H2,94,95,106)/t67-,68-,69-,76-/m0/s1. The maximum absolute atomic E-state index is 13.9. The Hall–Kier alpha value is -6.75. The Morgan fingerprint density at radius 1 is 0.438 bits per heavy atom. The minimum atomic E-state index is -3.95. The number of ketones is 1. The predicted octanol–water partition coefficient (Wildman–Crippen LogP) is 9.56. The molecule has 4 atom stereocenters. The number of hydrogen-bond acceptors (Lipinski definition) is 21. The summed E-state index contributed by atoms with van der Waals surface area (Å²) in [6.07, 6.45) is -2.19. The van der Waals surface area contributed by atoms with Crippen LogP contribution in [-0.4, -0.2) is 250 Å². The molecule has 3 aliphatic rings. The summed E-state index contributed by atoms with van der Waals surface area (Å²) in [5.41, 5.74) is 6.36. The maximum Gasteiger partial charge on any atom is 0.326 e. The van der Waals surface area contributed by atoms with Crippen molar-refractivity contribution >= 4 is 135 Å². The van der Waals surface area contributed by atoms with Gasteiger partial charge < -0.3 is 74.6 Å². The molecule has 9 N–H and O–H groups in total. The summed E-state index contributed by atoms with van der Waals surface area (Å²) in [7, 11) is -5.95. The summed E-state index contributed by atoms with van der Waals surface area (Å²) in [6.45, 7) is 4.25. The fourth-order valence-electron chi connectivity index (χ4n) is 14.7. The molecule has 0 radical (unpaired) electrons. The van der Waals surface area contributed by atoms with Gasteiger partial charge in [-0.15, -0.1) is 0 Å². The van der Waals surface area contributed by atoms with Gasteiger partial charge in [-0.05, 0) is 170 Å². The van der Waals surface area contributed by atoms with Crippen molar-refractivity contribution in [2.45, 2.75) is 121 Å². The van der Waals surface area contributed by atoms with Gasteiger partial charge in [0, 0.05) is 158 Å². The van der Waals surface area contributed by atoms with Crippen molar-refractivity contribution in [1.82, 2.24) is 50.1 Å². The molecule has 4 amide bonds. The van der Waals surface area contributed by atoms with Gasteiger partial charge in [-0.3, -0.25) is 19.2 Å². The van der Waals surface area contributed by atoms with Crippen LogP contribution in [0.3, 0.4) is 0 Å². The van der Waals surface area contributed by atoms with Gasteiger partial charge in [0.1, 0.15) is 11.8 Å². The molecule has 9 rings (SSSR count). The fourth-order valence-corrected chi connectivity index (χ4v) is 19.6. The Labute approximate surface area is 736 Å². The highest BCUT2D eigenvalue weighted by Gasteiger charge is 2.37. The molecule has 0 unspecified atom stereocenters. The zero-order chi connectivity index (χ0) is 87.4. The van der Waals surface area contributed by atoms with E-state index in [1.54, 1.807) is 54.6 Å². The third-order valence-corrected chi connectivity index (χ3v) is 26.7. The number of carbonyl (C=O) groups excluding carboxylic acids is 4. The van der Waals surface area contributed by atoms with E-state index in [1.165, 1.54) is 18.2 Å². The Morgan fingerprint density at radius 2 is 0.769 bits per heavy atom. The van der Waals surface area contributed by atoms with Gasteiger partial charge in [-0.1, -0.05) is 106 Å². The van der Waals surface area contributed by atoms with Crippen LogP contribution in [0.5, 0.6) is 0 Å². The highest BCUT2D eigenvalue weighted by Crippen LogP contribution is 2.43. The molecule has 30 nitrogen and oxygen atoms in total. The van der Waals surface area contributed by atoms with Gasteiger partial charge in [0.2, 0.25) is 41.9 Å². The first-order chi connectivity index (χ1) is 57.7. The molecule has 39 heteroatoms. The minimum Gasteiger partial charge on any atom is -0.481 e. The van der Waals surface area contributed by atoms with Crippen molar-refractivity contribution in [3.63, 3.8) is 0 Å². The van der Waals surface area contributed by atoms with Crippen molar-refractivity contribution in [2.24, 2.45) is 0 Å². The lowest BCUT2D eigenvalue weighted by molar-refractivity contribution is -0.145. The lowest BCUT2D eigenvalue weighted by atomic mass is 9.82. The number of carboxylic acid groups (broad SMARTS) is 2. The van der Waals surface area contributed by atoms with Crippen molar-refractivity contribution in [3.8, 4) is 0 Å². The van der Waals surface area contributed by atoms with Crippen LogP contribution in [0.1, 0.15) is 126 Å². The number of halogens is 6. The van der Waals surface area contributed by atoms with Crippen LogP contribution in [0.15, 0.2) is 124 Å². The first kappa shape index (κ1) is 98.0. The second-order valence-electron chi connectivity index (χ2n) is 29.9. The average Bonchev–Trinajstić information content (AvgIpc) is 0.780. The molecule has 0 bridgehead atoms. The Bertz CT molecular complexity index is 4490. The van der Waals surface area contributed by atoms with Crippen LogP contribution in [0, 0.1) is 0 Å². The highest BCUT2D eigenvalue weighted by molar-refractivity contribution is 7.90. The monoisotopic (exact) mass is 1850 g/mol. The molecule has 6 aromatic carbocycles. The third kappa shape index (κ3) is 30.5. The van der Waals surface area contributed by atoms with E-state index in [0.717, 1.165) is 50.1 Å². The van der Waals surface area contributed by atoms with E-state index in [2.05, 4.69) is 50.1 Å². The SMILES string of the molecule is CN1Cc2c(Cl)cc(Cl)cc2[C@H](c2cccc(S(=O)(=O)NCCOCCOCCCC(=O)CCC(CCC(=O)NCCOCCOCCNS(=O)(=O)c3cccc([C@@H]4CN(C)Cc5c(Cl)cc(Cl)cc54)c3)(CCC(=O)NCCOCCOCCNS(=O)(=O)c3cccc([C@@H]4CN(C)Cc5c(Cl)cc(Cl)cc54)c3)NC(=O)N[C@@H](CC(=O)O)C(=O)O)c2)C1. The minimum absolute atomic E-state index is 0.00157. The quantitative estimate of drug-likeness (QED) is 0.0160. The van der Waals surface area contributed by atoms with Crippen LogP contribution in [-0.2, 0) is 102 Å². The average molecular weight is 1860 g/mol. The van der Waals surface area contributed by atoms with Gasteiger partial charge in [-0.25, -0.2) is 49.0 Å². The number of carbonyl (C=O) groups is 6. The van der Waals surface area contributed by atoms with Gasteiger partial charge in [0.05, 0.1) is 93.8 Å². The first-order valence-corrected chi connectivity index (χ1v) is 46.2. The van der Waals surface area contributed by atoms with Gasteiger partial charge in [0.25, 0.3) is 0 Å². The van der Waals surface area contributed by atoms with E-state index in [1.807, 2.05) is 57.5 Å². The van der Waals surface area contributed by atoms with E-state index in [0.29, 0.717) is 69.4 Å². The molecular formula is C82H104Cl6N10O20S3. The number of benzene rings is 6. The van der Waals surface area contributed by atoms with E-state index in [-0.39, 0.29) is 202 Å². The molecule has 0 aromatic heterocycles. The van der Waals surface area contributed by atoms with Crippen molar-refractivity contribution in [2.75, 3.05) is 153 Å². The number of fused-ring (bicyclic) bond motifs is 3. The molecule has 0 spiro atoms. The number of likely N-dealkylation sites (N-methyl/N-ethyl adjacent to an activating group) is 3. The maximum atomic E-state index is 13.9. The first-order valence-electron chi connectivity index (χ1n) is 39.5. The number of Topliss-reactive ketones (excluding diaryl/α,β-unsaturated/α-hetero) is 1. The van der Waals surface area contributed by atoms with Gasteiger partial charge >= 0.3 is 18.0 Å². The molecule has 6 aromatic rings. The number of nitrogens with zero attached hydrogens (tertiary/aromatic N) is 3. The smallest absolute Gasteiger partial charge is 0.326 e. The summed E-state index contributed by atoms with van der Waals surface area (Å²) < 4.78 is 122. The number of urea groups is 1. The molecule has 0 saturated heterocycles. The zero-order valence-corrected chi connectivity index (χ0v) is 74.4. The number of amides is 4. The third-order valence-electron chi connectivity index (χ3n) is 20.7. The number of carboxylic acids is 2. The van der Waals surface area contributed by atoms with Crippen molar-refractivity contribution < 1.29 is 92.7 Å². The van der Waals surface area contributed by atoms with E-state index in [4.69, 9.17) is 98.0 Å². The number of rotatable bonds is 51. The van der Waals surface area contributed by atoms with Crippen molar-refractivity contribution in [3.05, 3.63) is 189 Å². The van der Waals surface area contributed by atoms with Gasteiger partial charge in [-0.2, -0.15) is 0 Å². The Kier molecular flexibility index (Phi) is 38.5. The summed E-state index contributed by atoms with van der Waals surface area (Å²) in [5.74, 6) is -5.10. The molecule has 121 heavy (non-hydrogen) atoms. The van der Waals surface area contributed by atoms with Crippen LogP contribution < -0.4 is 35.4 Å². The predicted molar refractivity (Wildman–Crippen MR) is 460 cm³/mol. The normalized spacial score (nSPS) is 16.2. The van der Waals surface area contributed by atoms with E-state index in [9.17, 15) is 64.2 Å². The number of hydrogen-bond donors (Lipinski definition) is 9. The highest BCUT2D eigenvalue weighted by atomic mass is 35.5. The molecular weight excluding hydrogens is 1750 g/mol. The lowest BCUT2D eigenvalue weighted by Gasteiger charge is -2.35. The second kappa shape index (κ2) is 47.5. The lowest BCUT2D eigenvalue weighted by Crippen LogP contribution is -2.56. The van der Waals surface area contributed by atoms with Crippen LogP contribution in [0.25, 0.3) is 0 Å². The number of ether oxygens (including phenoxy) is 6. The topological polar surface area (TPSA) is 395 Å². The number of nitrogens with one attached hydrogen (secondary N) is 7. The molecule has 3 heterocycles. The molecule has 662 valence electrons. The number of aliphatic carboxylic acids is 2. The van der Waals surface area contributed by atoms with Gasteiger partial charge in [0.15, 0.2) is 0 Å². The Balaban J connectivity index is 0.730. The van der Waals surface area contributed by atoms with Crippen molar-refractivity contribution in [1.29, 1.82) is 0 Å². The summed E-state index contributed by atoms with van der Waals surface area (Å²) in [4.78, 5) is 85.3.